The molecular weight excluding hydrogens is 254 g/mol. The van der Waals surface area contributed by atoms with Crippen molar-refractivity contribution < 1.29 is 14.6 Å². The Kier molecular flexibility index (Phi) is 4.74. The predicted molar refractivity (Wildman–Crippen MR) is 77.1 cm³/mol. The van der Waals surface area contributed by atoms with Gasteiger partial charge >= 0.3 is 5.97 Å². The van der Waals surface area contributed by atoms with Crippen LogP contribution in [0.15, 0.2) is 48.5 Å². The molecule has 0 saturated heterocycles. The SMILES string of the molecule is Nc1ccc(COCc2ccccc2CC(=O)O)cc1. The molecule has 4 heteroatoms. The van der Waals surface area contributed by atoms with Gasteiger partial charge in [-0.2, -0.15) is 0 Å². The fourth-order valence-corrected chi connectivity index (χ4v) is 1.93. The van der Waals surface area contributed by atoms with Crippen molar-refractivity contribution in [2.45, 2.75) is 19.6 Å². The minimum Gasteiger partial charge on any atom is -0.481 e. The second-order valence-corrected chi connectivity index (χ2v) is 4.57. The van der Waals surface area contributed by atoms with Crippen molar-refractivity contribution in [3.8, 4) is 0 Å². The maximum atomic E-state index is 10.8. The summed E-state index contributed by atoms with van der Waals surface area (Å²) in [6, 6.07) is 14.9. The van der Waals surface area contributed by atoms with Crippen molar-refractivity contribution in [3.05, 3.63) is 65.2 Å². The van der Waals surface area contributed by atoms with E-state index in [1.54, 1.807) is 0 Å². The molecule has 0 saturated carbocycles. The summed E-state index contributed by atoms with van der Waals surface area (Å²) < 4.78 is 5.63. The molecule has 2 aromatic carbocycles. The lowest BCUT2D eigenvalue weighted by atomic mass is 10.1. The van der Waals surface area contributed by atoms with Crippen molar-refractivity contribution in [1.82, 2.24) is 0 Å². The number of nitrogen functional groups attached to an aromatic ring is 1. The molecule has 104 valence electrons. The summed E-state index contributed by atoms with van der Waals surface area (Å²) in [4.78, 5) is 10.8. The lowest BCUT2D eigenvalue weighted by Crippen LogP contribution is -2.05. The van der Waals surface area contributed by atoms with Gasteiger partial charge in [-0.3, -0.25) is 4.79 Å². The smallest absolute Gasteiger partial charge is 0.307 e. The second-order valence-electron chi connectivity index (χ2n) is 4.57. The minimum absolute atomic E-state index is 0.0153. The molecule has 0 spiro atoms. The fraction of sp³-hybridized carbons (Fsp3) is 0.188. The molecule has 0 aliphatic carbocycles. The third kappa shape index (κ3) is 4.10. The zero-order valence-corrected chi connectivity index (χ0v) is 11.1. The molecular formula is C16H17NO3. The molecule has 4 nitrogen and oxygen atoms in total. The van der Waals surface area contributed by atoms with E-state index in [1.165, 1.54) is 0 Å². The molecule has 20 heavy (non-hydrogen) atoms. The molecule has 2 rings (SSSR count). The lowest BCUT2D eigenvalue weighted by Gasteiger charge is -2.09. The first-order valence-electron chi connectivity index (χ1n) is 6.36. The average molecular weight is 271 g/mol. The van der Waals surface area contributed by atoms with E-state index in [0.717, 1.165) is 22.4 Å². The van der Waals surface area contributed by atoms with E-state index >= 15 is 0 Å². The van der Waals surface area contributed by atoms with E-state index in [9.17, 15) is 4.79 Å². The highest BCUT2D eigenvalue weighted by molar-refractivity contribution is 5.70. The third-order valence-corrected chi connectivity index (χ3v) is 2.97. The van der Waals surface area contributed by atoms with E-state index in [1.807, 2.05) is 48.5 Å². The van der Waals surface area contributed by atoms with E-state index in [4.69, 9.17) is 15.6 Å². The zero-order valence-electron chi connectivity index (χ0n) is 11.1. The summed E-state index contributed by atoms with van der Waals surface area (Å²) in [6.07, 6.45) is 0.0153. The Bertz CT molecular complexity index is 579. The van der Waals surface area contributed by atoms with Gasteiger partial charge in [-0.05, 0) is 28.8 Å². The van der Waals surface area contributed by atoms with Gasteiger partial charge in [0, 0.05) is 5.69 Å². The average Bonchev–Trinajstić information content (AvgIpc) is 2.42. The second kappa shape index (κ2) is 6.73. The Balaban J connectivity index is 1.93. The predicted octanol–water partition coefficient (Wildman–Crippen LogP) is 2.61. The summed E-state index contributed by atoms with van der Waals surface area (Å²) in [7, 11) is 0. The number of anilines is 1. The van der Waals surface area contributed by atoms with Crippen LogP contribution in [-0.4, -0.2) is 11.1 Å². The number of benzene rings is 2. The lowest BCUT2D eigenvalue weighted by molar-refractivity contribution is -0.136. The molecule has 0 aliphatic heterocycles. The van der Waals surface area contributed by atoms with E-state index in [2.05, 4.69) is 0 Å². The Morgan fingerprint density at radius 3 is 2.30 bits per heavy atom. The van der Waals surface area contributed by atoms with Gasteiger partial charge < -0.3 is 15.6 Å². The fourth-order valence-electron chi connectivity index (χ4n) is 1.93. The molecule has 0 heterocycles. The maximum absolute atomic E-state index is 10.8. The molecule has 0 atom stereocenters. The number of carboxylic acids is 1. The number of rotatable bonds is 6. The molecule has 0 unspecified atom stereocenters. The zero-order chi connectivity index (χ0) is 14.4. The van der Waals surface area contributed by atoms with Crippen LogP contribution in [0.25, 0.3) is 0 Å². The van der Waals surface area contributed by atoms with E-state index in [-0.39, 0.29) is 6.42 Å². The summed E-state index contributed by atoms with van der Waals surface area (Å²) in [5.74, 6) is -0.837. The third-order valence-electron chi connectivity index (χ3n) is 2.97. The van der Waals surface area contributed by atoms with Gasteiger partial charge in [0.15, 0.2) is 0 Å². The van der Waals surface area contributed by atoms with Crippen LogP contribution in [-0.2, 0) is 29.2 Å². The number of aliphatic carboxylic acids is 1. The highest BCUT2D eigenvalue weighted by Crippen LogP contribution is 2.13. The van der Waals surface area contributed by atoms with Crippen LogP contribution < -0.4 is 5.73 Å². The monoisotopic (exact) mass is 271 g/mol. The molecule has 0 amide bonds. The van der Waals surface area contributed by atoms with Gasteiger partial charge in [-0.25, -0.2) is 0 Å². The van der Waals surface area contributed by atoms with Crippen molar-refractivity contribution in [3.63, 3.8) is 0 Å². The van der Waals surface area contributed by atoms with Crippen LogP contribution in [0, 0.1) is 0 Å². The Labute approximate surface area is 117 Å². The first-order chi connectivity index (χ1) is 9.65. The highest BCUT2D eigenvalue weighted by atomic mass is 16.5. The first-order valence-corrected chi connectivity index (χ1v) is 6.36. The number of nitrogens with two attached hydrogens (primary N) is 1. The minimum atomic E-state index is -0.837. The van der Waals surface area contributed by atoms with Gasteiger partial charge in [0.1, 0.15) is 0 Å². The summed E-state index contributed by atoms with van der Waals surface area (Å²) in [5.41, 5.74) is 9.07. The molecule has 0 aromatic heterocycles. The van der Waals surface area contributed by atoms with Crippen molar-refractivity contribution in [2.24, 2.45) is 0 Å². The van der Waals surface area contributed by atoms with Crippen molar-refractivity contribution in [1.29, 1.82) is 0 Å². The standard InChI is InChI=1S/C16H17NO3/c17-15-7-5-12(6-8-15)10-20-11-14-4-2-1-3-13(14)9-16(18)19/h1-8H,9-11,17H2,(H,18,19). The number of ether oxygens (including phenoxy) is 1. The molecule has 0 radical (unpaired) electrons. The van der Waals surface area contributed by atoms with Gasteiger partial charge in [0.2, 0.25) is 0 Å². The first kappa shape index (κ1) is 14.1. The molecule has 0 fully saturated rings. The van der Waals surface area contributed by atoms with Gasteiger partial charge in [0.05, 0.1) is 19.6 Å². The van der Waals surface area contributed by atoms with Crippen molar-refractivity contribution >= 4 is 11.7 Å². The van der Waals surface area contributed by atoms with Crippen molar-refractivity contribution in [2.75, 3.05) is 5.73 Å². The van der Waals surface area contributed by atoms with Crippen LogP contribution in [0.5, 0.6) is 0 Å². The topological polar surface area (TPSA) is 72.5 Å². The van der Waals surface area contributed by atoms with Crippen LogP contribution in [0.3, 0.4) is 0 Å². The molecule has 2 aromatic rings. The van der Waals surface area contributed by atoms with Crippen LogP contribution in [0.4, 0.5) is 5.69 Å². The van der Waals surface area contributed by atoms with E-state index < -0.39 is 5.97 Å². The maximum Gasteiger partial charge on any atom is 0.307 e. The van der Waals surface area contributed by atoms with Crippen LogP contribution in [0.2, 0.25) is 0 Å². The Morgan fingerprint density at radius 2 is 1.65 bits per heavy atom. The Hall–Kier alpha value is -2.33. The van der Waals surface area contributed by atoms with Crippen LogP contribution in [0.1, 0.15) is 16.7 Å². The molecule has 3 N–H and O–H groups in total. The number of hydrogen-bond donors (Lipinski definition) is 2. The van der Waals surface area contributed by atoms with Crippen LogP contribution >= 0.6 is 0 Å². The quantitative estimate of drug-likeness (QED) is 0.792. The van der Waals surface area contributed by atoms with Gasteiger partial charge in [-0.15, -0.1) is 0 Å². The normalized spacial score (nSPS) is 10.4. The summed E-state index contributed by atoms with van der Waals surface area (Å²) in [6.45, 7) is 0.871. The Morgan fingerprint density at radius 1 is 1.00 bits per heavy atom. The summed E-state index contributed by atoms with van der Waals surface area (Å²) in [5, 5.41) is 8.87. The number of hydrogen-bond acceptors (Lipinski definition) is 3. The molecule has 0 aliphatic rings. The van der Waals surface area contributed by atoms with E-state index in [0.29, 0.717) is 13.2 Å². The highest BCUT2D eigenvalue weighted by Gasteiger charge is 2.06. The number of carbonyl (C=O) groups is 1. The summed E-state index contributed by atoms with van der Waals surface area (Å²) >= 11 is 0. The number of carboxylic acid groups (broad SMARTS) is 1. The largest absolute Gasteiger partial charge is 0.481 e. The van der Waals surface area contributed by atoms with Gasteiger partial charge in [0.25, 0.3) is 0 Å². The molecule has 0 bridgehead atoms. The van der Waals surface area contributed by atoms with Gasteiger partial charge in [-0.1, -0.05) is 36.4 Å².